The normalized spacial score (nSPS) is 10.9. The summed E-state index contributed by atoms with van der Waals surface area (Å²) in [7, 11) is 1.86. The van der Waals surface area contributed by atoms with E-state index in [1.54, 1.807) is 0 Å². The van der Waals surface area contributed by atoms with Crippen LogP contribution < -0.4 is 10.0 Å². The Balaban J connectivity index is 1.97. The van der Waals surface area contributed by atoms with Gasteiger partial charge in [-0.2, -0.15) is 0 Å². The van der Waals surface area contributed by atoms with Gasteiger partial charge in [0.15, 0.2) is 5.82 Å². The first-order valence-electron chi connectivity index (χ1n) is 5.96. The Morgan fingerprint density at radius 1 is 1.30 bits per heavy atom. The van der Waals surface area contributed by atoms with Crippen LogP contribution >= 0.6 is 11.9 Å². The minimum absolute atomic E-state index is 0.360. The summed E-state index contributed by atoms with van der Waals surface area (Å²) in [4.78, 5) is 11.9. The molecule has 1 aromatic carbocycles. The van der Waals surface area contributed by atoms with Crippen LogP contribution in [0.1, 0.15) is 0 Å². The van der Waals surface area contributed by atoms with Gasteiger partial charge >= 0.3 is 0 Å². The van der Waals surface area contributed by atoms with Gasteiger partial charge in [-0.25, -0.2) is 14.4 Å². The molecule has 2 heterocycles. The van der Waals surface area contributed by atoms with Gasteiger partial charge in [0.25, 0.3) is 0 Å². The third-order valence-corrected chi connectivity index (χ3v) is 3.43. The van der Waals surface area contributed by atoms with Gasteiger partial charge in [-0.1, -0.05) is 6.07 Å². The molecule has 3 aromatic rings. The Morgan fingerprint density at radius 2 is 2.20 bits per heavy atom. The summed E-state index contributed by atoms with van der Waals surface area (Å²) in [6, 6.07) is 7.77. The number of nitrogens with zero attached hydrogens (tertiary/aromatic N) is 2. The largest absolute Gasteiger partial charge is 0.343 e. The van der Waals surface area contributed by atoms with Crippen LogP contribution in [0.5, 0.6) is 0 Å². The maximum absolute atomic E-state index is 13.7. The predicted molar refractivity (Wildman–Crippen MR) is 78.5 cm³/mol. The van der Waals surface area contributed by atoms with Crippen LogP contribution in [0.15, 0.2) is 41.7 Å². The lowest BCUT2D eigenvalue weighted by molar-refractivity contribution is 0.639. The summed E-state index contributed by atoms with van der Waals surface area (Å²) in [6.07, 6.45) is 2.67. The molecule has 7 heteroatoms. The molecule has 0 aliphatic rings. The van der Waals surface area contributed by atoms with Gasteiger partial charge in [-0.3, -0.25) is 4.72 Å². The molecule has 102 valence electrons. The number of halogens is 1. The van der Waals surface area contributed by atoms with E-state index >= 15 is 0 Å². The maximum atomic E-state index is 13.7. The highest BCUT2D eigenvalue weighted by atomic mass is 32.2. The van der Waals surface area contributed by atoms with Gasteiger partial charge < -0.3 is 10.3 Å². The SMILES string of the molecule is CNSc1cccc(Nc2ncnc3[nH]cc(F)c23)c1. The number of rotatable bonds is 4. The first-order valence-corrected chi connectivity index (χ1v) is 6.78. The van der Waals surface area contributed by atoms with E-state index in [0.717, 1.165) is 10.6 Å². The Morgan fingerprint density at radius 3 is 3.05 bits per heavy atom. The number of nitrogens with one attached hydrogen (secondary N) is 3. The molecule has 2 aromatic heterocycles. The number of hydrogen-bond acceptors (Lipinski definition) is 5. The molecular formula is C13H12FN5S. The van der Waals surface area contributed by atoms with Crippen molar-refractivity contribution in [2.75, 3.05) is 12.4 Å². The predicted octanol–water partition coefficient (Wildman–Crippen LogP) is 3.07. The van der Waals surface area contributed by atoms with E-state index in [0.29, 0.717) is 16.9 Å². The Hall–Kier alpha value is -2.12. The second-order valence-corrected chi connectivity index (χ2v) is 5.13. The van der Waals surface area contributed by atoms with E-state index in [2.05, 4.69) is 25.0 Å². The minimum atomic E-state index is -0.371. The molecule has 0 spiro atoms. The van der Waals surface area contributed by atoms with Crippen LogP contribution in [0.25, 0.3) is 11.0 Å². The number of hydrogen-bond donors (Lipinski definition) is 3. The minimum Gasteiger partial charge on any atom is -0.343 e. The Labute approximate surface area is 119 Å². The van der Waals surface area contributed by atoms with Crippen molar-refractivity contribution in [2.45, 2.75) is 4.90 Å². The Bertz CT molecular complexity index is 742. The molecule has 0 saturated carbocycles. The highest BCUT2D eigenvalue weighted by Crippen LogP contribution is 2.26. The van der Waals surface area contributed by atoms with Crippen molar-refractivity contribution in [2.24, 2.45) is 0 Å². The molecule has 0 unspecified atom stereocenters. The first kappa shape index (κ1) is 12.9. The van der Waals surface area contributed by atoms with E-state index in [1.165, 1.54) is 24.5 Å². The molecule has 0 amide bonds. The van der Waals surface area contributed by atoms with Crippen molar-refractivity contribution >= 4 is 34.5 Å². The zero-order valence-corrected chi connectivity index (χ0v) is 11.5. The zero-order valence-electron chi connectivity index (χ0n) is 10.6. The second kappa shape index (κ2) is 5.48. The van der Waals surface area contributed by atoms with Crippen molar-refractivity contribution < 1.29 is 4.39 Å². The summed E-state index contributed by atoms with van der Waals surface area (Å²) in [6.45, 7) is 0. The fourth-order valence-electron chi connectivity index (χ4n) is 1.91. The molecule has 0 atom stereocenters. The molecule has 0 saturated heterocycles. The van der Waals surface area contributed by atoms with Crippen molar-refractivity contribution in [3.63, 3.8) is 0 Å². The topological polar surface area (TPSA) is 65.6 Å². The van der Waals surface area contributed by atoms with Gasteiger partial charge in [-0.15, -0.1) is 0 Å². The highest BCUT2D eigenvalue weighted by Gasteiger charge is 2.11. The first-order chi connectivity index (χ1) is 9.78. The van der Waals surface area contributed by atoms with Crippen LogP contribution in [0.4, 0.5) is 15.9 Å². The maximum Gasteiger partial charge on any atom is 0.153 e. The van der Waals surface area contributed by atoms with Crippen LogP contribution in [-0.4, -0.2) is 22.0 Å². The molecule has 20 heavy (non-hydrogen) atoms. The van der Waals surface area contributed by atoms with Crippen LogP contribution in [-0.2, 0) is 0 Å². The number of benzene rings is 1. The van der Waals surface area contributed by atoms with E-state index in [-0.39, 0.29) is 5.82 Å². The quantitative estimate of drug-likeness (QED) is 0.644. The lowest BCUT2D eigenvalue weighted by atomic mass is 10.3. The summed E-state index contributed by atoms with van der Waals surface area (Å²) in [5, 5.41) is 3.48. The monoisotopic (exact) mass is 289 g/mol. The molecule has 0 fully saturated rings. The molecule has 0 aliphatic carbocycles. The standard InChI is InChI=1S/C13H12FN5S/c1-15-20-9-4-2-3-8(5-9)19-13-11-10(14)6-16-12(11)17-7-18-13/h2-7,15H,1H3,(H2,16,17,18,19). The lowest BCUT2D eigenvalue weighted by Gasteiger charge is -2.08. The molecule has 0 bridgehead atoms. The van der Waals surface area contributed by atoms with E-state index < -0.39 is 0 Å². The van der Waals surface area contributed by atoms with E-state index in [4.69, 9.17) is 0 Å². The number of H-pyrrole nitrogens is 1. The third kappa shape index (κ3) is 2.45. The fraction of sp³-hybridized carbons (Fsp3) is 0.0769. The smallest absolute Gasteiger partial charge is 0.153 e. The van der Waals surface area contributed by atoms with Gasteiger partial charge in [0.1, 0.15) is 17.8 Å². The molecule has 3 rings (SSSR count). The highest BCUT2D eigenvalue weighted by molar-refractivity contribution is 7.97. The van der Waals surface area contributed by atoms with Crippen molar-refractivity contribution in [3.05, 3.63) is 42.6 Å². The van der Waals surface area contributed by atoms with Crippen molar-refractivity contribution in [1.82, 2.24) is 19.7 Å². The van der Waals surface area contributed by atoms with E-state index in [9.17, 15) is 4.39 Å². The number of anilines is 2. The molecule has 0 radical (unpaired) electrons. The number of fused-ring (bicyclic) bond motifs is 1. The summed E-state index contributed by atoms with van der Waals surface area (Å²) < 4.78 is 16.8. The molecular weight excluding hydrogens is 277 g/mol. The fourth-order valence-corrected chi connectivity index (χ4v) is 2.48. The zero-order chi connectivity index (χ0) is 13.9. The van der Waals surface area contributed by atoms with Gasteiger partial charge in [0, 0.05) is 16.8 Å². The van der Waals surface area contributed by atoms with Gasteiger partial charge in [0.2, 0.25) is 0 Å². The third-order valence-electron chi connectivity index (χ3n) is 2.74. The van der Waals surface area contributed by atoms with Crippen LogP contribution in [0.2, 0.25) is 0 Å². The van der Waals surface area contributed by atoms with Crippen molar-refractivity contribution in [3.8, 4) is 0 Å². The van der Waals surface area contributed by atoms with Crippen molar-refractivity contribution in [1.29, 1.82) is 0 Å². The average Bonchev–Trinajstić information content (AvgIpc) is 2.83. The van der Waals surface area contributed by atoms with Crippen LogP contribution in [0.3, 0.4) is 0 Å². The average molecular weight is 289 g/mol. The van der Waals surface area contributed by atoms with Gasteiger partial charge in [0.05, 0.1) is 5.39 Å². The number of aromatic amines is 1. The summed E-state index contributed by atoms with van der Waals surface area (Å²) >= 11 is 1.51. The second-order valence-electron chi connectivity index (χ2n) is 4.04. The lowest BCUT2D eigenvalue weighted by Crippen LogP contribution is -1.97. The number of aromatic nitrogens is 3. The summed E-state index contributed by atoms with van der Waals surface area (Å²) in [5.74, 6) is 0.0733. The molecule has 3 N–H and O–H groups in total. The van der Waals surface area contributed by atoms with Crippen LogP contribution in [0, 0.1) is 5.82 Å². The summed E-state index contributed by atoms with van der Waals surface area (Å²) in [5.41, 5.74) is 1.31. The molecule has 5 nitrogen and oxygen atoms in total. The van der Waals surface area contributed by atoms with Gasteiger partial charge in [-0.05, 0) is 37.2 Å². The Kier molecular flexibility index (Phi) is 3.53. The van der Waals surface area contributed by atoms with E-state index in [1.807, 2.05) is 31.3 Å². The molecule has 0 aliphatic heterocycles.